The number of hydrogen-bond donors (Lipinski definition) is 3. The third-order valence-electron chi connectivity index (χ3n) is 1.74. The second-order valence-electron chi connectivity index (χ2n) is 3.09. The Bertz CT molecular complexity index is 487. The van der Waals surface area contributed by atoms with Crippen molar-refractivity contribution in [1.29, 1.82) is 0 Å². The Labute approximate surface area is 99.1 Å². The Kier molecular flexibility index (Phi) is 4.16. The van der Waals surface area contributed by atoms with Crippen molar-refractivity contribution in [1.82, 2.24) is 4.98 Å². The summed E-state index contributed by atoms with van der Waals surface area (Å²) in [6, 6.07) is 3.32. The zero-order valence-electron chi connectivity index (χ0n) is 8.38. The molecule has 5 N–H and O–H groups in total. The summed E-state index contributed by atoms with van der Waals surface area (Å²) in [6.07, 6.45) is 1.54. The van der Waals surface area contributed by atoms with Crippen LogP contribution in [0, 0.1) is 0 Å². The largest absolute Gasteiger partial charge is 0.389 e. The SMILES string of the molecule is NC(=S)c1ccnc(NCCS(N)(=O)=O)c1. The van der Waals surface area contributed by atoms with Gasteiger partial charge in [-0.15, -0.1) is 0 Å². The number of rotatable bonds is 5. The Morgan fingerprint density at radius 2 is 2.25 bits per heavy atom. The molecule has 0 saturated carbocycles. The number of nitrogens with one attached hydrogen (secondary N) is 1. The standard InChI is InChI=1S/C8H12N4O2S2/c9-8(15)6-1-2-11-7(5-6)12-3-4-16(10,13)14/h1-2,5H,3-4H2,(H2,9,15)(H,11,12)(H2,10,13,14). The average molecular weight is 260 g/mol. The molecule has 0 bridgehead atoms. The highest BCUT2D eigenvalue weighted by Gasteiger charge is 2.03. The van der Waals surface area contributed by atoms with Gasteiger partial charge in [0.1, 0.15) is 10.8 Å². The number of sulfonamides is 1. The Morgan fingerprint density at radius 1 is 1.56 bits per heavy atom. The second-order valence-corrected chi connectivity index (χ2v) is 5.26. The smallest absolute Gasteiger partial charge is 0.210 e. The molecule has 16 heavy (non-hydrogen) atoms. The summed E-state index contributed by atoms with van der Waals surface area (Å²) in [5, 5.41) is 7.66. The van der Waals surface area contributed by atoms with Crippen molar-refractivity contribution >= 4 is 33.0 Å². The maximum Gasteiger partial charge on any atom is 0.210 e. The van der Waals surface area contributed by atoms with Crippen LogP contribution in [0.5, 0.6) is 0 Å². The van der Waals surface area contributed by atoms with Gasteiger partial charge in [-0.1, -0.05) is 12.2 Å². The molecule has 1 aromatic heterocycles. The van der Waals surface area contributed by atoms with E-state index in [1.54, 1.807) is 12.1 Å². The molecule has 1 aromatic rings. The van der Waals surface area contributed by atoms with Crippen LogP contribution in [-0.2, 0) is 10.0 Å². The normalized spacial score (nSPS) is 11.1. The Hall–Kier alpha value is -1.25. The van der Waals surface area contributed by atoms with Gasteiger partial charge in [-0.05, 0) is 12.1 Å². The molecule has 0 aliphatic rings. The van der Waals surface area contributed by atoms with Crippen LogP contribution in [0.2, 0.25) is 0 Å². The van der Waals surface area contributed by atoms with Crippen molar-refractivity contribution in [3.05, 3.63) is 23.9 Å². The van der Waals surface area contributed by atoms with Crippen LogP contribution in [0.25, 0.3) is 0 Å². The van der Waals surface area contributed by atoms with Crippen molar-refractivity contribution in [2.24, 2.45) is 10.9 Å². The van der Waals surface area contributed by atoms with Crippen LogP contribution >= 0.6 is 12.2 Å². The van der Waals surface area contributed by atoms with E-state index < -0.39 is 10.0 Å². The lowest BCUT2D eigenvalue weighted by Crippen LogP contribution is -2.22. The molecule has 1 heterocycles. The summed E-state index contributed by atoms with van der Waals surface area (Å²) in [5.74, 6) is 0.348. The van der Waals surface area contributed by atoms with Gasteiger partial charge < -0.3 is 11.1 Å². The first kappa shape index (κ1) is 12.8. The summed E-state index contributed by atoms with van der Waals surface area (Å²) in [6.45, 7) is 0.187. The number of anilines is 1. The van der Waals surface area contributed by atoms with E-state index in [9.17, 15) is 8.42 Å². The molecule has 0 aliphatic heterocycles. The average Bonchev–Trinajstić information content (AvgIpc) is 2.16. The van der Waals surface area contributed by atoms with E-state index in [2.05, 4.69) is 10.3 Å². The number of pyridine rings is 1. The number of aromatic nitrogens is 1. The summed E-state index contributed by atoms with van der Waals surface area (Å²) >= 11 is 4.80. The maximum atomic E-state index is 10.7. The van der Waals surface area contributed by atoms with Gasteiger partial charge in [-0.2, -0.15) is 0 Å². The van der Waals surface area contributed by atoms with E-state index in [-0.39, 0.29) is 17.3 Å². The van der Waals surface area contributed by atoms with Crippen molar-refractivity contribution in [3.63, 3.8) is 0 Å². The number of nitrogens with zero attached hydrogens (tertiary/aromatic N) is 1. The van der Waals surface area contributed by atoms with Gasteiger partial charge >= 0.3 is 0 Å². The second kappa shape index (κ2) is 5.19. The quantitative estimate of drug-likeness (QED) is 0.611. The first-order chi connectivity index (χ1) is 7.38. The van der Waals surface area contributed by atoms with Gasteiger partial charge in [0.25, 0.3) is 0 Å². The monoisotopic (exact) mass is 260 g/mol. The van der Waals surface area contributed by atoms with E-state index in [0.717, 1.165) is 0 Å². The predicted molar refractivity (Wildman–Crippen MR) is 66.6 cm³/mol. The third kappa shape index (κ3) is 4.51. The topological polar surface area (TPSA) is 111 Å². The third-order valence-corrected chi connectivity index (χ3v) is 2.75. The van der Waals surface area contributed by atoms with E-state index >= 15 is 0 Å². The molecule has 0 spiro atoms. The van der Waals surface area contributed by atoms with Crippen molar-refractivity contribution in [2.45, 2.75) is 0 Å². The molecule has 0 amide bonds. The molecule has 0 saturated heterocycles. The number of thiocarbonyl (C=S) groups is 1. The first-order valence-corrected chi connectivity index (χ1v) is 6.51. The van der Waals surface area contributed by atoms with Gasteiger partial charge in [0, 0.05) is 18.3 Å². The van der Waals surface area contributed by atoms with E-state index in [1.165, 1.54) is 6.20 Å². The van der Waals surface area contributed by atoms with Gasteiger partial charge in [-0.3, -0.25) is 0 Å². The van der Waals surface area contributed by atoms with Gasteiger partial charge in [-0.25, -0.2) is 18.5 Å². The molecule has 0 atom stereocenters. The van der Waals surface area contributed by atoms with Crippen molar-refractivity contribution in [2.75, 3.05) is 17.6 Å². The minimum Gasteiger partial charge on any atom is -0.389 e. The van der Waals surface area contributed by atoms with Crippen LogP contribution in [0.1, 0.15) is 5.56 Å². The highest BCUT2D eigenvalue weighted by molar-refractivity contribution is 7.89. The van der Waals surface area contributed by atoms with Gasteiger partial charge in [0.15, 0.2) is 0 Å². The molecule has 1 rings (SSSR count). The fraction of sp³-hybridized carbons (Fsp3) is 0.250. The molecule has 88 valence electrons. The summed E-state index contributed by atoms with van der Waals surface area (Å²) in [7, 11) is -3.46. The van der Waals surface area contributed by atoms with Crippen molar-refractivity contribution in [3.8, 4) is 0 Å². The number of hydrogen-bond acceptors (Lipinski definition) is 5. The zero-order chi connectivity index (χ0) is 12.2. The summed E-state index contributed by atoms with van der Waals surface area (Å²) < 4.78 is 21.3. The van der Waals surface area contributed by atoms with Crippen LogP contribution in [0.3, 0.4) is 0 Å². The van der Waals surface area contributed by atoms with E-state index in [0.29, 0.717) is 11.4 Å². The minimum absolute atomic E-state index is 0.161. The predicted octanol–water partition coefficient (Wildman–Crippen LogP) is -0.584. The molecule has 8 heteroatoms. The highest BCUT2D eigenvalue weighted by atomic mass is 32.2. The fourth-order valence-electron chi connectivity index (χ4n) is 1.00. The molecular formula is C8H12N4O2S2. The van der Waals surface area contributed by atoms with Gasteiger partial charge in [0.2, 0.25) is 10.0 Å². The van der Waals surface area contributed by atoms with Crippen LogP contribution in [0.15, 0.2) is 18.3 Å². The Balaban J connectivity index is 2.61. The van der Waals surface area contributed by atoms with E-state index in [4.69, 9.17) is 23.1 Å². The van der Waals surface area contributed by atoms with Crippen molar-refractivity contribution < 1.29 is 8.42 Å². The lowest BCUT2D eigenvalue weighted by Gasteiger charge is -2.05. The molecule has 0 unspecified atom stereocenters. The lowest BCUT2D eigenvalue weighted by atomic mass is 10.2. The first-order valence-electron chi connectivity index (χ1n) is 4.39. The molecule has 0 fully saturated rings. The Morgan fingerprint density at radius 3 is 2.81 bits per heavy atom. The molecule has 6 nitrogen and oxygen atoms in total. The molecule has 0 aliphatic carbocycles. The van der Waals surface area contributed by atoms with Gasteiger partial charge in [0.05, 0.1) is 5.75 Å². The number of primary sulfonamides is 1. The highest BCUT2D eigenvalue weighted by Crippen LogP contribution is 2.06. The minimum atomic E-state index is -3.46. The number of nitrogens with two attached hydrogens (primary N) is 2. The lowest BCUT2D eigenvalue weighted by molar-refractivity contribution is 0.598. The van der Waals surface area contributed by atoms with Crippen LogP contribution in [-0.4, -0.2) is 30.7 Å². The molecule has 0 radical (unpaired) electrons. The van der Waals surface area contributed by atoms with Crippen LogP contribution in [0.4, 0.5) is 5.82 Å². The van der Waals surface area contributed by atoms with E-state index in [1.807, 2.05) is 0 Å². The fourth-order valence-corrected chi connectivity index (χ4v) is 1.52. The molecule has 0 aromatic carbocycles. The summed E-state index contributed by atoms with van der Waals surface area (Å²) in [5.41, 5.74) is 6.11. The maximum absolute atomic E-state index is 10.7. The van der Waals surface area contributed by atoms with Crippen LogP contribution < -0.4 is 16.2 Å². The molecular weight excluding hydrogens is 248 g/mol. The zero-order valence-corrected chi connectivity index (χ0v) is 10.0. The summed E-state index contributed by atoms with van der Waals surface area (Å²) in [4.78, 5) is 4.24.